The van der Waals surface area contributed by atoms with Gasteiger partial charge in [0, 0.05) is 36.7 Å². The van der Waals surface area contributed by atoms with Crippen LogP contribution in [0.3, 0.4) is 0 Å². The summed E-state index contributed by atoms with van der Waals surface area (Å²) in [6.45, 7) is 7.97. The van der Waals surface area contributed by atoms with E-state index >= 15 is 0 Å². The van der Waals surface area contributed by atoms with Gasteiger partial charge in [-0.2, -0.15) is 0 Å². The Morgan fingerprint density at radius 1 is 1.35 bits per heavy atom. The van der Waals surface area contributed by atoms with Crippen LogP contribution in [0.2, 0.25) is 0 Å². The van der Waals surface area contributed by atoms with E-state index in [1.165, 1.54) is 12.1 Å². The number of halogens is 1. The molecule has 128 valence electrons. The molecule has 1 aliphatic rings. The molecule has 23 heavy (non-hydrogen) atoms. The molecule has 1 aromatic carbocycles. The number of benzene rings is 1. The minimum Gasteiger partial charge on any atom is -0.496 e. The zero-order chi connectivity index (χ0) is 17.0. The van der Waals surface area contributed by atoms with Crippen LogP contribution in [0.5, 0.6) is 5.75 Å². The van der Waals surface area contributed by atoms with Crippen LogP contribution in [0.4, 0.5) is 4.39 Å². The number of nitrogens with one attached hydrogen (secondary N) is 1. The fourth-order valence-corrected chi connectivity index (χ4v) is 2.90. The fraction of sp³-hybridized carbons (Fsp3) is 0.611. The number of hydrogen-bond acceptors (Lipinski definition) is 3. The third kappa shape index (κ3) is 4.67. The maximum atomic E-state index is 13.4. The Kier molecular flexibility index (Phi) is 5.63. The molecule has 1 amide bonds. The molecular weight excluding hydrogens is 295 g/mol. The third-order valence-electron chi connectivity index (χ3n) is 4.25. The predicted molar refractivity (Wildman–Crippen MR) is 88.8 cm³/mol. The summed E-state index contributed by atoms with van der Waals surface area (Å²) < 4.78 is 18.6. The SMILES string of the molecule is COc1ccc(F)cc1CNC1CCN(C(=O)C(C)(C)C)CC1. The third-order valence-corrected chi connectivity index (χ3v) is 4.25. The summed E-state index contributed by atoms with van der Waals surface area (Å²) in [5.74, 6) is 0.648. The number of likely N-dealkylation sites (tertiary alicyclic amines) is 1. The molecule has 0 unspecified atom stereocenters. The normalized spacial score (nSPS) is 16.5. The standard InChI is InChI=1S/C18H27FN2O2/c1-18(2,3)17(22)21-9-7-15(8-10-21)20-12-13-11-14(19)5-6-16(13)23-4/h5-6,11,15,20H,7-10,12H2,1-4H3. The fourth-order valence-electron chi connectivity index (χ4n) is 2.90. The maximum absolute atomic E-state index is 13.4. The highest BCUT2D eigenvalue weighted by atomic mass is 19.1. The van der Waals surface area contributed by atoms with Gasteiger partial charge in [-0.15, -0.1) is 0 Å². The molecular formula is C18H27FN2O2. The number of rotatable bonds is 4. The summed E-state index contributed by atoms with van der Waals surface area (Å²) in [5, 5.41) is 3.45. The van der Waals surface area contributed by atoms with Gasteiger partial charge >= 0.3 is 0 Å². The van der Waals surface area contributed by atoms with Crippen LogP contribution < -0.4 is 10.1 Å². The summed E-state index contributed by atoms with van der Waals surface area (Å²) in [6.07, 6.45) is 1.83. The van der Waals surface area contributed by atoms with Crippen molar-refractivity contribution in [3.05, 3.63) is 29.6 Å². The molecule has 0 bridgehead atoms. The summed E-state index contributed by atoms with van der Waals surface area (Å²) in [5.41, 5.74) is 0.496. The molecule has 0 atom stereocenters. The van der Waals surface area contributed by atoms with Crippen molar-refractivity contribution < 1.29 is 13.9 Å². The highest BCUT2D eigenvalue weighted by Crippen LogP contribution is 2.22. The van der Waals surface area contributed by atoms with Gasteiger partial charge < -0.3 is 15.0 Å². The van der Waals surface area contributed by atoms with Gasteiger partial charge in [0.15, 0.2) is 0 Å². The first-order valence-corrected chi connectivity index (χ1v) is 8.16. The van der Waals surface area contributed by atoms with Gasteiger partial charge in [-0.3, -0.25) is 4.79 Å². The van der Waals surface area contributed by atoms with Crippen LogP contribution >= 0.6 is 0 Å². The Bertz CT molecular complexity index is 546. The van der Waals surface area contributed by atoms with Crippen LogP contribution in [0.15, 0.2) is 18.2 Å². The Morgan fingerprint density at radius 2 is 2.00 bits per heavy atom. The quantitative estimate of drug-likeness (QED) is 0.926. The van der Waals surface area contributed by atoms with Crippen molar-refractivity contribution in [3.63, 3.8) is 0 Å². The largest absolute Gasteiger partial charge is 0.496 e. The van der Waals surface area contributed by atoms with Gasteiger partial charge in [0.1, 0.15) is 11.6 Å². The number of ether oxygens (including phenoxy) is 1. The number of nitrogens with zero attached hydrogens (tertiary/aromatic N) is 1. The van der Waals surface area contributed by atoms with Crippen LogP contribution in [0.1, 0.15) is 39.2 Å². The molecule has 1 aliphatic heterocycles. The van der Waals surface area contributed by atoms with E-state index in [-0.39, 0.29) is 17.1 Å². The van der Waals surface area contributed by atoms with Crippen LogP contribution in [0.25, 0.3) is 0 Å². The van der Waals surface area contributed by atoms with E-state index in [0.29, 0.717) is 18.3 Å². The van der Waals surface area contributed by atoms with E-state index in [4.69, 9.17) is 4.74 Å². The van der Waals surface area contributed by atoms with E-state index in [2.05, 4.69) is 5.32 Å². The molecule has 0 spiro atoms. The molecule has 1 saturated heterocycles. The summed E-state index contributed by atoms with van der Waals surface area (Å²) in [6, 6.07) is 4.90. The molecule has 1 fully saturated rings. The Morgan fingerprint density at radius 3 is 2.57 bits per heavy atom. The van der Waals surface area contributed by atoms with E-state index < -0.39 is 0 Å². The van der Waals surface area contributed by atoms with Crippen molar-refractivity contribution in [1.29, 1.82) is 0 Å². The number of hydrogen-bond donors (Lipinski definition) is 1. The Labute approximate surface area is 138 Å². The van der Waals surface area contributed by atoms with Gasteiger partial charge in [-0.25, -0.2) is 4.39 Å². The van der Waals surface area contributed by atoms with Crippen molar-refractivity contribution >= 4 is 5.91 Å². The lowest BCUT2D eigenvalue weighted by molar-refractivity contribution is -0.140. The van der Waals surface area contributed by atoms with E-state index in [0.717, 1.165) is 31.5 Å². The second-order valence-corrected chi connectivity index (χ2v) is 7.15. The van der Waals surface area contributed by atoms with Crippen LogP contribution in [-0.2, 0) is 11.3 Å². The number of amides is 1. The molecule has 1 heterocycles. The van der Waals surface area contributed by atoms with Gasteiger partial charge in [0.2, 0.25) is 5.91 Å². The zero-order valence-electron chi connectivity index (χ0n) is 14.5. The molecule has 1 N–H and O–H groups in total. The predicted octanol–water partition coefficient (Wildman–Crippen LogP) is 2.96. The lowest BCUT2D eigenvalue weighted by atomic mass is 9.93. The average molecular weight is 322 g/mol. The summed E-state index contributed by atoms with van der Waals surface area (Å²) in [7, 11) is 1.59. The zero-order valence-corrected chi connectivity index (χ0v) is 14.5. The topological polar surface area (TPSA) is 41.6 Å². The van der Waals surface area contributed by atoms with Gasteiger partial charge in [-0.1, -0.05) is 20.8 Å². The van der Waals surface area contributed by atoms with Crippen molar-refractivity contribution in [1.82, 2.24) is 10.2 Å². The monoisotopic (exact) mass is 322 g/mol. The molecule has 0 aromatic heterocycles. The Hall–Kier alpha value is -1.62. The van der Waals surface area contributed by atoms with Crippen LogP contribution in [-0.4, -0.2) is 37.0 Å². The number of methoxy groups -OCH3 is 1. The van der Waals surface area contributed by atoms with E-state index in [1.54, 1.807) is 13.2 Å². The van der Waals surface area contributed by atoms with E-state index in [9.17, 15) is 9.18 Å². The van der Waals surface area contributed by atoms with E-state index in [1.807, 2.05) is 25.7 Å². The average Bonchev–Trinajstić information content (AvgIpc) is 2.52. The summed E-state index contributed by atoms with van der Waals surface area (Å²) in [4.78, 5) is 14.2. The molecule has 5 heteroatoms. The highest BCUT2D eigenvalue weighted by molar-refractivity contribution is 5.81. The van der Waals surface area contributed by atoms with Crippen molar-refractivity contribution in [2.75, 3.05) is 20.2 Å². The first-order valence-electron chi connectivity index (χ1n) is 8.16. The molecule has 0 aliphatic carbocycles. The maximum Gasteiger partial charge on any atom is 0.227 e. The second-order valence-electron chi connectivity index (χ2n) is 7.15. The molecule has 4 nitrogen and oxygen atoms in total. The number of carbonyl (C=O) groups is 1. The first-order chi connectivity index (χ1) is 10.8. The smallest absolute Gasteiger partial charge is 0.227 e. The van der Waals surface area contributed by atoms with Gasteiger partial charge in [-0.05, 0) is 31.0 Å². The molecule has 2 rings (SSSR count). The van der Waals surface area contributed by atoms with Gasteiger partial charge in [0.05, 0.1) is 7.11 Å². The van der Waals surface area contributed by atoms with Crippen molar-refractivity contribution in [2.45, 2.75) is 46.2 Å². The number of piperidine rings is 1. The molecule has 1 aromatic rings. The molecule has 0 radical (unpaired) electrons. The van der Waals surface area contributed by atoms with Crippen LogP contribution in [0, 0.1) is 11.2 Å². The first kappa shape index (κ1) is 17.7. The van der Waals surface area contributed by atoms with Crippen molar-refractivity contribution in [2.24, 2.45) is 5.41 Å². The summed E-state index contributed by atoms with van der Waals surface area (Å²) >= 11 is 0. The molecule has 0 saturated carbocycles. The number of carbonyl (C=O) groups excluding carboxylic acids is 1. The lowest BCUT2D eigenvalue weighted by Gasteiger charge is -2.36. The lowest BCUT2D eigenvalue weighted by Crippen LogP contribution is -2.48. The minimum absolute atomic E-state index is 0.211. The van der Waals surface area contributed by atoms with Gasteiger partial charge in [0.25, 0.3) is 0 Å². The second kappa shape index (κ2) is 7.30. The van der Waals surface area contributed by atoms with Crippen molar-refractivity contribution in [3.8, 4) is 5.75 Å². The highest BCUT2D eigenvalue weighted by Gasteiger charge is 2.30. The Balaban J connectivity index is 1.86. The minimum atomic E-state index is -0.324.